The Kier molecular flexibility index (Phi) is 11.0. The predicted octanol–water partition coefficient (Wildman–Crippen LogP) is 2.96. The zero-order valence-electron chi connectivity index (χ0n) is 21.4. The predicted molar refractivity (Wildman–Crippen MR) is 142 cm³/mol. The fourth-order valence-corrected chi connectivity index (χ4v) is 4.70. The lowest BCUT2D eigenvalue weighted by molar-refractivity contribution is -0.102. The average Bonchev–Trinajstić information content (AvgIpc) is 2.79. The third-order valence-electron chi connectivity index (χ3n) is 6.18. The summed E-state index contributed by atoms with van der Waals surface area (Å²) in [6.07, 6.45) is 4.27. The Morgan fingerprint density at radius 2 is 2.00 bits per heavy atom. The SMILES string of the molecule is CC(C)n1c(=O)c(C(N)=O)cc2ccccc21.CCN1CCCC(C)N1CC(O)CN(C)SC. The molecule has 1 aliphatic heterocycles. The summed E-state index contributed by atoms with van der Waals surface area (Å²) in [6, 6.07) is 9.54. The van der Waals surface area contributed by atoms with Gasteiger partial charge in [0.1, 0.15) is 5.56 Å². The molecule has 2 unspecified atom stereocenters. The minimum atomic E-state index is -0.685. The summed E-state index contributed by atoms with van der Waals surface area (Å²) in [6.45, 7) is 11.9. The summed E-state index contributed by atoms with van der Waals surface area (Å²) in [5.41, 5.74) is 5.75. The van der Waals surface area contributed by atoms with Crippen molar-refractivity contribution in [3.63, 3.8) is 0 Å². The van der Waals surface area contributed by atoms with E-state index >= 15 is 0 Å². The van der Waals surface area contributed by atoms with Crippen molar-refractivity contribution in [3.05, 3.63) is 46.2 Å². The molecule has 9 heteroatoms. The summed E-state index contributed by atoms with van der Waals surface area (Å²) in [7, 11) is 2.02. The van der Waals surface area contributed by atoms with Crippen LogP contribution in [-0.2, 0) is 0 Å². The molecular weight excluding hydrogens is 450 g/mol. The maximum Gasteiger partial charge on any atom is 0.264 e. The summed E-state index contributed by atoms with van der Waals surface area (Å²) in [5.74, 6) is -0.685. The summed E-state index contributed by atoms with van der Waals surface area (Å²) < 4.78 is 3.67. The third kappa shape index (κ3) is 7.29. The Morgan fingerprint density at radius 1 is 1.32 bits per heavy atom. The van der Waals surface area contributed by atoms with E-state index in [2.05, 4.69) is 28.2 Å². The largest absolute Gasteiger partial charge is 0.390 e. The van der Waals surface area contributed by atoms with Crippen LogP contribution in [0.25, 0.3) is 10.9 Å². The molecular formula is C25H41N5O3S. The number of likely N-dealkylation sites (N-methyl/N-ethyl adjacent to an activating group) is 1. The van der Waals surface area contributed by atoms with Crippen molar-refractivity contribution in [2.45, 2.75) is 58.7 Å². The number of amides is 1. The monoisotopic (exact) mass is 491 g/mol. The van der Waals surface area contributed by atoms with E-state index in [1.165, 1.54) is 12.8 Å². The molecule has 34 heavy (non-hydrogen) atoms. The quantitative estimate of drug-likeness (QED) is 0.548. The van der Waals surface area contributed by atoms with E-state index in [9.17, 15) is 14.7 Å². The van der Waals surface area contributed by atoms with Gasteiger partial charge in [-0.2, -0.15) is 0 Å². The van der Waals surface area contributed by atoms with Gasteiger partial charge in [0, 0.05) is 38.3 Å². The number of primary amides is 1. The van der Waals surface area contributed by atoms with E-state index in [0.717, 1.165) is 37.1 Å². The number of aliphatic hydroxyl groups is 1. The lowest BCUT2D eigenvalue weighted by Crippen LogP contribution is -2.54. The first-order chi connectivity index (χ1) is 16.1. The molecule has 2 atom stereocenters. The Hall–Kier alpha value is -1.91. The van der Waals surface area contributed by atoms with Crippen LogP contribution in [0.3, 0.4) is 0 Å². The zero-order valence-corrected chi connectivity index (χ0v) is 22.2. The molecule has 190 valence electrons. The second kappa shape index (κ2) is 13.3. The lowest BCUT2D eigenvalue weighted by Gasteiger charge is -2.43. The molecule has 2 aromatic rings. The molecule has 0 saturated carbocycles. The van der Waals surface area contributed by atoms with Crippen molar-refractivity contribution in [1.82, 2.24) is 18.9 Å². The number of hydrazine groups is 1. The van der Waals surface area contributed by atoms with Crippen LogP contribution < -0.4 is 11.3 Å². The summed E-state index contributed by atoms with van der Waals surface area (Å²) in [5, 5.41) is 15.7. The van der Waals surface area contributed by atoms with Gasteiger partial charge in [0.05, 0.1) is 11.6 Å². The van der Waals surface area contributed by atoms with Crippen molar-refractivity contribution in [2.75, 3.05) is 39.5 Å². The molecule has 1 aromatic carbocycles. The van der Waals surface area contributed by atoms with E-state index < -0.39 is 5.91 Å². The minimum absolute atomic E-state index is 0.0216. The smallest absolute Gasteiger partial charge is 0.264 e. The van der Waals surface area contributed by atoms with Crippen LogP contribution in [-0.4, -0.2) is 81.5 Å². The molecule has 1 aromatic heterocycles. The van der Waals surface area contributed by atoms with E-state index in [4.69, 9.17) is 5.73 Å². The normalized spacial score (nSPS) is 18.2. The van der Waals surface area contributed by atoms with Gasteiger partial charge in [-0.05, 0) is 64.4 Å². The number of nitrogens with zero attached hydrogens (tertiary/aromatic N) is 4. The van der Waals surface area contributed by atoms with Crippen LogP contribution in [0, 0.1) is 0 Å². The highest BCUT2D eigenvalue weighted by Crippen LogP contribution is 2.19. The summed E-state index contributed by atoms with van der Waals surface area (Å²) in [4.78, 5) is 23.4. The van der Waals surface area contributed by atoms with Crippen molar-refractivity contribution >= 4 is 28.8 Å². The summed E-state index contributed by atoms with van der Waals surface area (Å²) >= 11 is 1.66. The number of para-hydroxylation sites is 1. The van der Waals surface area contributed by atoms with Crippen LogP contribution in [0.2, 0.25) is 0 Å². The molecule has 0 spiro atoms. The molecule has 0 bridgehead atoms. The highest BCUT2D eigenvalue weighted by Gasteiger charge is 2.26. The van der Waals surface area contributed by atoms with Gasteiger partial charge < -0.3 is 15.4 Å². The van der Waals surface area contributed by atoms with E-state index in [-0.39, 0.29) is 23.3 Å². The van der Waals surface area contributed by atoms with Crippen LogP contribution >= 0.6 is 11.9 Å². The highest BCUT2D eigenvalue weighted by molar-refractivity contribution is 7.96. The fourth-order valence-electron chi connectivity index (χ4n) is 4.38. The molecule has 3 N–H and O–H groups in total. The number of aromatic nitrogens is 1. The molecule has 8 nitrogen and oxygen atoms in total. The van der Waals surface area contributed by atoms with Gasteiger partial charge in [0.15, 0.2) is 0 Å². The van der Waals surface area contributed by atoms with Crippen LogP contribution in [0.15, 0.2) is 35.1 Å². The number of carbonyl (C=O) groups is 1. The van der Waals surface area contributed by atoms with Crippen molar-refractivity contribution < 1.29 is 9.90 Å². The Bertz CT molecular complexity index is 996. The maximum absolute atomic E-state index is 12.1. The number of hydrogen-bond acceptors (Lipinski definition) is 7. The number of fused-ring (bicyclic) bond motifs is 1. The molecule has 1 fully saturated rings. The third-order valence-corrected chi connectivity index (χ3v) is 6.95. The van der Waals surface area contributed by atoms with E-state index in [1.807, 2.05) is 51.4 Å². The molecule has 2 heterocycles. The Morgan fingerprint density at radius 3 is 2.59 bits per heavy atom. The lowest BCUT2D eigenvalue weighted by atomic mass is 10.1. The number of aliphatic hydroxyl groups excluding tert-OH is 1. The van der Waals surface area contributed by atoms with Gasteiger partial charge >= 0.3 is 0 Å². The molecule has 3 rings (SSSR count). The van der Waals surface area contributed by atoms with Crippen LogP contribution in [0.1, 0.15) is 56.9 Å². The number of pyridine rings is 1. The van der Waals surface area contributed by atoms with Crippen LogP contribution in [0.4, 0.5) is 0 Å². The van der Waals surface area contributed by atoms with Gasteiger partial charge in [0.2, 0.25) is 0 Å². The van der Waals surface area contributed by atoms with Crippen molar-refractivity contribution in [2.24, 2.45) is 5.73 Å². The van der Waals surface area contributed by atoms with Crippen molar-refractivity contribution in [3.8, 4) is 0 Å². The van der Waals surface area contributed by atoms with Crippen molar-refractivity contribution in [1.29, 1.82) is 0 Å². The minimum Gasteiger partial charge on any atom is -0.390 e. The van der Waals surface area contributed by atoms with E-state index in [0.29, 0.717) is 6.04 Å². The number of nitrogens with two attached hydrogens (primary N) is 1. The fraction of sp³-hybridized carbons (Fsp3) is 0.600. The highest BCUT2D eigenvalue weighted by atomic mass is 32.2. The first-order valence-corrected chi connectivity index (χ1v) is 13.2. The first-order valence-electron chi connectivity index (χ1n) is 12.0. The van der Waals surface area contributed by atoms with Gasteiger partial charge in [-0.3, -0.25) is 13.9 Å². The molecule has 1 amide bonds. The average molecular weight is 492 g/mol. The number of benzene rings is 1. The number of carbonyl (C=O) groups excluding carboxylic acids is 1. The molecule has 0 aliphatic carbocycles. The molecule has 0 radical (unpaired) electrons. The zero-order chi connectivity index (χ0) is 25.4. The second-order valence-corrected chi connectivity index (χ2v) is 10.0. The standard InChI is InChI=1S/C13H14N2O2.C12H27N3OS/c1-8(2)15-11-6-4-3-5-9(11)7-10(12(14)16)13(15)17;1-5-14-8-6-7-11(2)15(14)10-12(16)9-13(3)17-4/h3-8H,1-2H3,(H2,14,16);11-12,16H,5-10H2,1-4H3. The topological polar surface area (TPSA) is 95.0 Å². The van der Waals surface area contributed by atoms with Gasteiger partial charge in [-0.1, -0.05) is 37.1 Å². The molecule has 1 saturated heterocycles. The number of hydrogen-bond donors (Lipinski definition) is 2. The van der Waals surface area contributed by atoms with Crippen LogP contribution in [0.5, 0.6) is 0 Å². The van der Waals surface area contributed by atoms with Gasteiger partial charge in [-0.15, -0.1) is 0 Å². The first kappa shape index (κ1) is 28.3. The Labute approximate surface area is 207 Å². The number of β-amino-alcohol motifs (C(OH)–C–C–N with tert-alkyl or cyclic N) is 1. The second-order valence-electron chi connectivity index (χ2n) is 9.06. The van der Waals surface area contributed by atoms with Gasteiger partial charge in [0.25, 0.3) is 11.5 Å². The van der Waals surface area contributed by atoms with E-state index in [1.54, 1.807) is 22.6 Å². The number of rotatable bonds is 8. The van der Waals surface area contributed by atoms with Gasteiger partial charge in [-0.25, -0.2) is 10.0 Å². The maximum atomic E-state index is 12.1. The molecule has 1 aliphatic rings. The Balaban J connectivity index is 0.000000240.